The number of hydrogen-bond acceptors (Lipinski definition) is 4. The Hall–Kier alpha value is -2.37. The maximum absolute atomic E-state index is 13.1. The number of hydrogen-bond donors (Lipinski definition) is 1. The number of aryl methyl sites for hydroxylation is 1. The van der Waals surface area contributed by atoms with Gasteiger partial charge in [-0.2, -0.15) is 5.10 Å². The van der Waals surface area contributed by atoms with Crippen molar-refractivity contribution in [2.75, 3.05) is 18.9 Å². The van der Waals surface area contributed by atoms with Crippen molar-refractivity contribution in [1.82, 2.24) is 19.7 Å². The lowest BCUT2D eigenvalue weighted by Crippen LogP contribution is -2.32. The van der Waals surface area contributed by atoms with Crippen LogP contribution < -0.4 is 5.32 Å². The van der Waals surface area contributed by atoms with Crippen LogP contribution in [0.1, 0.15) is 54.5 Å². The van der Waals surface area contributed by atoms with Gasteiger partial charge < -0.3 is 10.2 Å². The molecule has 0 saturated carbocycles. The third kappa shape index (κ3) is 3.67. The molecule has 3 rings (SSSR count). The van der Waals surface area contributed by atoms with E-state index in [0.717, 1.165) is 42.9 Å². The summed E-state index contributed by atoms with van der Waals surface area (Å²) in [5.41, 5.74) is 2.79. The number of carbonyl (C=O) groups is 1. The van der Waals surface area contributed by atoms with Gasteiger partial charge in [-0.3, -0.25) is 9.48 Å². The molecule has 1 N–H and O–H groups in total. The van der Waals surface area contributed by atoms with Gasteiger partial charge in [0.2, 0.25) is 0 Å². The number of nitrogens with one attached hydrogen (secondary N) is 1. The van der Waals surface area contributed by atoms with Crippen molar-refractivity contribution in [3.8, 4) is 0 Å². The Balaban J connectivity index is 1.84. The van der Waals surface area contributed by atoms with E-state index in [4.69, 9.17) is 0 Å². The lowest BCUT2D eigenvalue weighted by Gasteiger charge is -2.25. The highest BCUT2D eigenvalue weighted by atomic mass is 16.2. The fourth-order valence-electron chi connectivity index (χ4n) is 3.54. The fraction of sp³-hybridized carbons (Fsp3) is 0.526. The van der Waals surface area contributed by atoms with Crippen molar-refractivity contribution < 1.29 is 4.79 Å². The summed E-state index contributed by atoms with van der Waals surface area (Å²) < 4.78 is 1.72. The molecule has 134 valence electrons. The lowest BCUT2D eigenvalue weighted by molar-refractivity contribution is 0.0724. The summed E-state index contributed by atoms with van der Waals surface area (Å²) in [4.78, 5) is 19.4. The van der Waals surface area contributed by atoms with Gasteiger partial charge in [0.15, 0.2) is 0 Å². The molecular formula is C19H27N5O. The molecule has 1 atom stereocenters. The summed E-state index contributed by atoms with van der Waals surface area (Å²) in [5, 5.41) is 7.59. The van der Waals surface area contributed by atoms with Gasteiger partial charge in [-0.05, 0) is 48.9 Å². The third-order valence-electron chi connectivity index (χ3n) is 4.71. The first-order valence-electron chi connectivity index (χ1n) is 8.97. The van der Waals surface area contributed by atoms with Crippen molar-refractivity contribution in [2.24, 2.45) is 13.0 Å². The number of likely N-dealkylation sites (tertiary alicyclic amines) is 1. The van der Waals surface area contributed by atoms with E-state index in [-0.39, 0.29) is 11.9 Å². The van der Waals surface area contributed by atoms with Crippen LogP contribution in [0.15, 0.2) is 24.4 Å². The summed E-state index contributed by atoms with van der Waals surface area (Å²) in [6, 6.07) is 6.09. The van der Waals surface area contributed by atoms with Gasteiger partial charge in [-0.25, -0.2) is 4.98 Å². The van der Waals surface area contributed by atoms with Crippen LogP contribution in [0.4, 0.5) is 5.82 Å². The number of amides is 1. The van der Waals surface area contributed by atoms with E-state index in [1.54, 1.807) is 10.9 Å². The van der Waals surface area contributed by atoms with Crippen molar-refractivity contribution in [2.45, 2.75) is 39.2 Å². The van der Waals surface area contributed by atoms with Gasteiger partial charge in [0.25, 0.3) is 5.91 Å². The zero-order valence-electron chi connectivity index (χ0n) is 15.5. The topological polar surface area (TPSA) is 63.1 Å². The maximum atomic E-state index is 13.1. The van der Waals surface area contributed by atoms with Crippen LogP contribution in [0.3, 0.4) is 0 Å². The Bertz CT molecular complexity index is 752. The zero-order valence-corrected chi connectivity index (χ0v) is 15.5. The van der Waals surface area contributed by atoms with Crippen molar-refractivity contribution in [1.29, 1.82) is 0 Å². The van der Waals surface area contributed by atoms with E-state index in [2.05, 4.69) is 29.2 Å². The fourth-order valence-corrected chi connectivity index (χ4v) is 3.54. The number of anilines is 1. The van der Waals surface area contributed by atoms with Gasteiger partial charge in [0.05, 0.1) is 11.7 Å². The summed E-state index contributed by atoms with van der Waals surface area (Å²) in [7, 11) is 3.71. The molecule has 2 aromatic heterocycles. The predicted molar refractivity (Wildman–Crippen MR) is 98.5 cm³/mol. The van der Waals surface area contributed by atoms with Crippen molar-refractivity contribution in [3.63, 3.8) is 0 Å². The van der Waals surface area contributed by atoms with Gasteiger partial charge in [-0.15, -0.1) is 0 Å². The Morgan fingerprint density at radius 2 is 2.20 bits per heavy atom. The maximum Gasteiger partial charge on any atom is 0.272 e. The lowest BCUT2D eigenvalue weighted by atomic mass is 10.1. The van der Waals surface area contributed by atoms with Crippen LogP contribution >= 0.6 is 0 Å². The summed E-state index contributed by atoms with van der Waals surface area (Å²) in [5.74, 6) is 1.42. The molecule has 1 aliphatic rings. The number of aromatic nitrogens is 3. The highest BCUT2D eigenvalue weighted by molar-refractivity contribution is 5.93. The van der Waals surface area contributed by atoms with E-state index in [1.807, 2.05) is 37.2 Å². The minimum atomic E-state index is 0.0651. The Morgan fingerprint density at radius 1 is 1.40 bits per heavy atom. The first-order chi connectivity index (χ1) is 12.0. The predicted octanol–water partition coefficient (Wildman–Crippen LogP) is 3.03. The largest absolute Gasteiger partial charge is 0.373 e. The van der Waals surface area contributed by atoms with Crippen LogP contribution in [-0.4, -0.2) is 39.2 Å². The second-order valence-electron chi connectivity index (χ2n) is 7.12. The van der Waals surface area contributed by atoms with Crippen molar-refractivity contribution in [3.05, 3.63) is 41.3 Å². The van der Waals surface area contributed by atoms with Crippen LogP contribution in [0.2, 0.25) is 0 Å². The van der Waals surface area contributed by atoms with Gasteiger partial charge in [0, 0.05) is 26.8 Å². The number of pyridine rings is 1. The second-order valence-corrected chi connectivity index (χ2v) is 7.12. The molecule has 0 aromatic carbocycles. The number of rotatable bonds is 5. The molecule has 0 bridgehead atoms. The summed E-state index contributed by atoms with van der Waals surface area (Å²) in [6.45, 7) is 5.11. The Morgan fingerprint density at radius 3 is 2.92 bits per heavy atom. The first kappa shape index (κ1) is 17.5. The van der Waals surface area contributed by atoms with Crippen LogP contribution in [0, 0.1) is 5.92 Å². The zero-order chi connectivity index (χ0) is 18.0. The Kier molecular flexibility index (Phi) is 5.06. The molecular weight excluding hydrogens is 314 g/mol. The molecule has 1 saturated heterocycles. The molecule has 2 aromatic rings. The van der Waals surface area contributed by atoms with Gasteiger partial charge >= 0.3 is 0 Å². The first-order valence-corrected chi connectivity index (χ1v) is 8.97. The second kappa shape index (κ2) is 7.25. The minimum Gasteiger partial charge on any atom is -0.373 e. The Labute approximate surface area is 149 Å². The third-order valence-corrected chi connectivity index (χ3v) is 4.71. The van der Waals surface area contributed by atoms with Crippen LogP contribution in [0.5, 0.6) is 0 Å². The molecule has 1 aliphatic heterocycles. The quantitative estimate of drug-likeness (QED) is 0.908. The van der Waals surface area contributed by atoms with Gasteiger partial charge in [-0.1, -0.05) is 13.8 Å². The smallest absolute Gasteiger partial charge is 0.272 e. The normalized spacial score (nSPS) is 17.3. The summed E-state index contributed by atoms with van der Waals surface area (Å²) in [6.07, 6.45) is 4.69. The van der Waals surface area contributed by atoms with E-state index in [9.17, 15) is 4.79 Å². The SMILES string of the molecule is CNc1cc([C@H]2CCCN2C(=O)c2cc(CC(C)C)nn2C)ccn1. The molecule has 0 radical (unpaired) electrons. The molecule has 6 heteroatoms. The number of nitrogens with zero attached hydrogens (tertiary/aromatic N) is 4. The molecule has 3 heterocycles. The van der Waals surface area contributed by atoms with E-state index < -0.39 is 0 Å². The molecule has 6 nitrogen and oxygen atoms in total. The average molecular weight is 341 g/mol. The number of carbonyl (C=O) groups excluding carboxylic acids is 1. The van der Waals surface area contributed by atoms with Crippen LogP contribution in [-0.2, 0) is 13.5 Å². The van der Waals surface area contributed by atoms with E-state index in [0.29, 0.717) is 11.6 Å². The molecule has 0 aliphatic carbocycles. The van der Waals surface area contributed by atoms with Crippen molar-refractivity contribution >= 4 is 11.7 Å². The highest BCUT2D eigenvalue weighted by Crippen LogP contribution is 2.33. The van der Waals surface area contributed by atoms with E-state index in [1.165, 1.54) is 0 Å². The monoisotopic (exact) mass is 341 g/mol. The molecule has 25 heavy (non-hydrogen) atoms. The molecule has 1 fully saturated rings. The summed E-state index contributed by atoms with van der Waals surface area (Å²) >= 11 is 0. The highest BCUT2D eigenvalue weighted by Gasteiger charge is 2.32. The van der Waals surface area contributed by atoms with Crippen LogP contribution in [0.25, 0.3) is 0 Å². The van der Waals surface area contributed by atoms with E-state index >= 15 is 0 Å². The standard InChI is InChI=1S/C19H27N5O/c1-13(2)10-15-12-17(23(4)22-15)19(25)24-9-5-6-16(24)14-7-8-21-18(11-14)20-3/h7-8,11-13,16H,5-6,9-10H2,1-4H3,(H,20,21)/t16-/m1/s1. The molecule has 0 unspecified atom stereocenters. The van der Waals surface area contributed by atoms with Gasteiger partial charge in [0.1, 0.15) is 11.5 Å². The minimum absolute atomic E-state index is 0.0651. The molecule has 1 amide bonds. The average Bonchev–Trinajstić information content (AvgIpc) is 3.20. The molecule has 0 spiro atoms.